The number of hydrogen-bond acceptors (Lipinski definition) is 4. The number of aromatic carboxylic acids is 1. The van der Waals surface area contributed by atoms with Gasteiger partial charge < -0.3 is 9.84 Å². The van der Waals surface area contributed by atoms with Crippen molar-refractivity contribution in [3.63, 3.8) is 0 Å². The van der Waals surface area contributed by atoms with Crippen LogP contribution in [0.25, 0.3) is 0 Å². The Bertz CT molecular complexity index is 1110. The van der Waals surface area contributed by atoms with E-state index in [0.29, 0.717) is 22.7 Å². The Labute approximate surface area is 170 Å². The lowest BCUT2D eigenvalue weighted by Gasteiger charge is -2.23. The largest absolute Gasteiger partial charge is 0.478 e. The molecule has 0 bridgehead atoms. The van der Waals surface area contributed by atoms with Gasteiger partial charge in [-0.05, 0) is 67.9 Å². The average molecular weight is 411 g/mol. The number of para-hydroxylation sites is 1. The summed E-state index contributed by atoms with van der Waals surface area (Å²) in [5, 5.41) is 9.30. The van der Waals surface area contributed by atoms with E-state index in [1.54, 1.807) is 38.1 Å². The molecule has 0 aliphatic heterocycles. The van der Waals surface area contributed by atoms with Gasteiger partial charge in [0.2, 0.25) is 0 Å². The highest BCUT2D eigenvalue weighted by molar-refractivity contribution is 7.92. The fraction of sp³-hybridized carbons (Fsp3) is 0.136. The molecule has 0 saturated heterocycles. The van der Waals surface area contributed by atoms with E-state index in [2.05, 4.69) is 0 Å². The minimum atomic E-state index is -3.92. The van der Waals surface area contributed by atoms with E-state index in [1.165, 1.54) is 22.5 Å². The first-order valence-electron chi connectivity index (χ1n) is 9.02. The molecule has 0 heterocycles. The maximum absolute atomic E-state index is 13.1. The van der Waals surface area contributed by atoms with Crippen molar-refractivity contribution in [3.8, 4) is 11.5 Å². The highest BCUT2D eigenvalue weighted by Crippen LogP contribution is 2.28. The van der Waals surface area contributed by atoms with E-state index < -0.39 is 16.0 Å². The maximum atomic E-state index is 13.1. The highest BCUT2D eigenvalue weighted by atomic mass is 32.2. The number of ether oxygens (including phenoxy) is 1. The maximum Gasteiger partial charge on any atom is 0.335 e. The van der Waals surface area contributed by atoms with Crippen LogP contribution in [0.4, 0.5) is 5.69 Å². The predicted molar refractivity (Wildman–Crippen MR) is 111 cm³/mol. The molecule has 0 unspecified atom stereocenters. The normalized spacial score (nSPS) is 11.1. The van der Waals surface area contributed by atoms with Crippen molar-refractivity contribution in [2.45, 2.75) is 18.7 Å². The monoisotopic (exact) mass is 411 g/mol. The Hall–Kier alpha value is -3.32. The molecular weight excluding hydrogens is 390 g/mol. The molecule has 0 atom stereocenters. The first-order chi connectivity index (χ1) is 13.8. The summed E-state index contributed by atoms with van der Waals surface area (Å²) in [6.45, 7) is 3.54. The van der Waals surface area contributed by atoms with Crippen LogP contribution in [0.1, 0.15) is 22.8 Å². The number of carboxylic acids is 1. The van der Waals surface area contributed by atoms with Gasteiger partial charge in [0, 0.05) is 6.54 Å². The number of sulfonamides is 1. The lowest BCUT2D eigenvalue weighted by molar-refractivity contribution is 0.0696. The molecule has 150 valence electrons. The van der Waals surface area contributed by atoms with Crippen molar-refractivity contribution < 1.29 is 23.1 Å². The van der Waals surface area contributed by atoms with Gasteiger partial charge in [0.05, 0.1) is 16.1 Å². The summed E-state index contributed by atoms with van der Waals surface area (Å²) in [5.74, 6) is 0.1000. The van der Waals surface area contributed by atoms with Gasteiger partial charge in [-0.2, -0.15) is 0 Å². The van der Waals surface area contributed by atoms with Crippen LogP contribution in [-0.2, 0) is 10.0 Å². The second kappa shape index (κ2) is 8.36. The molecule has 0 amide bonds. The van der Waals surface area contributed by atoms with Gasteiger partial charge in [0.1, 0.15) is 11.5 Å². The van der Waals surface area contributed by atoms with Crippen molar-refractivity contribution in [2.24, 2.45) is 0 Å². The summed E-state index contributed by atoms with van der Waals surface area (Å²) in [6.07, 6.45) is 0. The van der Waals surface area contributed by atoms with Crippen LogP contribution in [0, 0.1) is 6.92 Å². The predicted octanol–water partition coefficient (Wildman–Crippen LogP) is 4.70. The number of nitrogens with zero attached hydrogens (tertiary/aromatic N) is 1. The van der Waals surface area contributed by atoms with Crippen LogP contribution < -0.4 is 9.04 Å². The number of anilines is 1. The summed E-state index contributed by atoms with van der Waals surface area (Å²) < 4.78 is 33.2. The third-order valence-electron chi connectivity index (χ3n) is 4.42. The fourth-order valence-electron chi connectivity index (χ4n) is 2.92. The van der Waals surface area contributed by atoms with Crippen LogP contribution >= 0.6 is 0 Å². The van der Waals surface area contributed by atoms with Crippen molar-refractivity contribution in [2.75, 3.05) is 10.8 Å². The molecule has 0 aromatic heterocycles. The summed E-state index contributed by atoms with van der Waals surface area (Å²) in [6, 6.07) is 20.1. The molecule has 3 aromatic rings. The van der Waals surface area contributed by atoms with Crippen molar-refractivity contribution in [1.29, 1.82) is 0 Å². The van der Waals surface area contributed by atoms with E-state index in [0.717, 1.165) is 0 Å². The van der Waals surface area contributed by atoms with E-state index in [9.17, 15) is 18.3 Å². The lowest BCUT2D eigenvalue weighted by atomic mass is 10.1. The Balaban J connectivity index is 1.90. The third-order valence-corrected chi connectivity index (χ3v) is 6.32. The van der Waals surface area contributed by atoms with E-state index in [1.807, 2.05) is 30.3 Å². The molecule has 0 fully saturated rings. The Kier molecular flexibility index (Phi) is 5.89. The second-order valence-electron chi connectivity index (χ2n) is 6.36. The molecule has 1 N–H and O–H groups in total. The number of aryl methyl sites for hydroxylation is 1. The quantitative estimate of drug-likeness (QED) is 0.609. The molecule has 0 spiro atoms. The van der Waals surface area contributed by atoms with E-state index >= 15 is 0 Å². The SMILES string of the molecule is CCN(c1ccc(Oc2ccccc2)cc1)S(=O)(=O)c1ccc(C)c(C(=O)O)c1. The van der Waals surface area contributed by atoms with Crippen LogP contribution in [0.2, 0.25) is 0 Å². The van der Waals surface area contributed by atoms with Crippen LogP contribution in [0.3, 0.4) is 0 Å². The first-order valence-corrected chi connectivity index (χ1v) is 10.5. The first kappa shape index (κ1) is 20.4. The Morgan fingerprint density at radius 2 is 1.59 bits per heavy atom. The number of benzene rings is 3. The van der Waals surface area contributed by atoms with Crippen LogP contribution in [-0.4, -0.2) is 26.0 Å². The topological polar surface area (TPSA) is 83.9 Å². The summed E-state index contributed by atoms with van der Waals surface area (Å²) >= 11 is 0. The third kappa shape index (κ3) is 4.41. The molecule has 0 aliphatic carbocycles. The number of hydrogen-bond donors (Lipinski definition) is 1. The van der Waals surface area contributed by atoms with Crippen molar-refractivity contribution >= 4 is 21.7 Å². The summed E-state index contributed by atoms with van der Waals surface area (Å²) in [4.78, 5) is 11.3. The fourth-order valence-corrected chi connectivity index (χ4v) is 4.42. The van der Waals surface area contributed by atoms with Gasteiger partial charge in [-0.1, -0.05) is 24.3 Å². The number of carboxylic acid groups (broad SMARTS) is 1. The molecule has 0 radical (unpaired) electrons. The second-order valence-corrected chi connectivity index (χ2v) is 8.22. The molecule has 6 nitrogen and oxygen atoms in total. The van der Waals surface area contributed by atoms with Gasteiger partial charge in [0.25, 0.3) is 10.0 Å². The molecule has 3 rings (SSSR count). The van der Waals surface area contributed by atoms with Gasteiger partial charge in [-0.25, -0.2) is 13.2 Å². The Morgan fingerprint density at radius 3 is 2.17 bits per heavy atom. The van der Waals surface area contributed by atoms with Crippen molar-refractivity contribution in [1.82, 2.24) is 0 Å². The van der Waals surface area contributed by atoms with Gasteiger partial charge in [0.15, 0.2) is 0 Å². The zero-order chi connectivity index (χ0) is 21.0. The number of carbonyl (C=O) groups is 1. The van der Waals surface area contributed by atoms with E-state index in [-0.39, 0.29) is 17.0 Å². The summed E-state index contributed by atoms with van der Waals surface area (Å²) in [7, 11) is -3.92. The Morgan fingerprint density at radius 1 is 0.966 bits per heavy atom. The van der Waals surface area contributed by atoms with E-state index in [4.69, 9.17) is 4.74 Å². The smallest absolute Gasteiger partial charge is 0.335 e. The highest BCUT2D eigenvalue weighted by Gasteiger charge is 2.25. The molecule has 0 aliphatic rings. The molecule has 7 heteroatoms. The molecule has 3 aromatic carbocycles. The van der Waals surface area contributed by atoms with Crippen molar-refractivity contribution in [3.05, 3.63) is 83.9 Å². The minimum Gasteiger partial charge on any atom is -0.478 e. The molecular formula is C22H21NO5S. The van der Waals surface area contributed by atoms with Gasteiger partial charge >= 0.3 is 5.97 Å². The molecule has 0 saturated carbocycles. The molecule has 29 heavy (non-hydrogen) atoms. The summed E-state index contributed by atoms with van der Waals surface area (Å²) in [5.41, 5.74) is 0.931. The standard InChI is InChI=1S/C22H21NO5S/c1-3-23(29(26,27)20-14-9-16(2)21(15-20)22(24)25)17-10-12-19(13-11-17)28-18-7-5-4-6-8-18/h4-15H,3H2,1-2H3,(H,24,25). The number of rotatable bonds is 7. The van der Waals surface area contributed by atoms with Crippen LogP contribution in [0.5, 0.6) is 11.5 Å². The zero-order valence-corrected chi connectivity index (χ0v) is 16.9. The zero-order valence-electron chi connectivity index (χ0n) is 16.1. The minimum absolute atomic E-state index is 0.0336. The van der Waals surface area contributed by atoms with Gasteiger partial charge in [-0.15, -0.1) is 0 Å². The van der Waals surface area contributed by atoms with Crippen LogP contribution in [0.15, 0.2) is 77.7 Å². The van der Waals surface area contributed by atoms with Gasteiger partial charge in [-0.3, -0.25) is 4.31 Å². The lowest BCUT2D eigenvalue weighted by Crippen LogP contribution is -2.31. The average Bonchev–Trinajstić information content (AvgIpc) is 2.70.